The number of aromatic nitrogens is 1. The Morgan fingerprint density at radius 2 is 2.29 bits per heavy atom. The van der Waals surface area contributed by atoms with E-state index in [1.54, 1.807) is 6.07 Å². The highest BCUT2D eigenvalue weighted by molar-refractivity contribution is 5.17. The molecule has 2 heterocycles. The van der Waals surface area contributed by atoms with Gasteiger partial charge < -0.3 is 5.32 Å². The summed E-state index contributed by atoms with van der Waals surface area (Å²) in [5, 5.41) is 3.30. The van der Waals surface area contributed by atoms with Crippen LogP contribution in [0, 0.1) is 5.95 Å². The van der Waals surface area contributed by atoms with Crippen LogP contribution in [0.15, 0.2) is 31.0 Å². The third-order valence-electron chi connectivity index (χ3n) is 3.13. The third kappa shape index (κ3) is 2.90. The van der Waals surface area contributed by atoms with Crippen molar-refractivity contribution < 1.29 is 4.39 Å². The molecule has 1 aromatic heterocycles. The number of nitrogens with one attached hydrogen (secondary N) is 1. The van der Waals surface area contributed by atoms with Crippen molar-refractivity contribution in [1.29, 1.82) is 0 Å². The van der Waals surface area contributed by atoms with E-state index in [4.69, 9.17) is 0 Å². The van der Waals surface area contributed by atoms with Crippen molar-refractivity contribution in [2.24, 2.45) is 0 Å². The van der Waals surface area contributed by atoms with Gasteiger partial charge in [-0.3, -0.25) is 4.90 Å². The summed E-state index contributed by atoms with van der Waals surface area (Å²) in [7, 11) is 0. The van der Waals surface area contributed by atoms with Gasteiger partial charge in [0.15, 0.2) is 0 Å². The fourth-order valence-electron chi connectivity index (χ4n) is 2.27. The molecule has 1 N–H and O–H groups in total. The van der Waals surface area contributed by atoms with Gasteiger partial charge in [0.05, 0.1) is 0 Å². The van der Waals surface area contributed by atoms with Crippen LogP contribution in [0.1, 0.15) is 18.0 Å². The molecule has 17 heavy (non-hydrogen) atoms. The number of hydrogen-bond acceptors (Lipinski definition) is 3. The van der Waals surface area contributed by atoms with E-state index in [1.807, 2.05) is 12.1 Å². The van der Waals surface area contributed by atoms with Crippen LogP contribution in [0.25, 0.3) is 0 Å². The molecule has 3 nitrogen and oxygen atoms in total. The predicted octanol–water partition coefficient (Wildman–Crippen LogP) is 1.74. The van der Waals surface area contributed by atoms with E-state index in [1.165, 1.54) is 6.20 Å². The predicted molar refractivity (Wildman–Crippen MR) is 66.2 cm³/mol. The SMILES string of the molecule is C=CC[C@H](c1cccnc1F)N1CCNCC1. The number of piperazine rings is 1. The van der Waals surface area contributed by atoms with Gasteiger partial charge in [0.2, 0.25) is 5.95 Å². The Kier molecular flexibility index (Phi) is 4.23. The molecule has 1 saturated heterocycles. The molecule has 1 aromatic rings. The summed E-state index contributed by atoms with van der Waals surface area (Å²) in [6.45, 7) is 7.55. The standard InChI is InChI=1S/C13H18FN3/c1-2-4-12(17-9-7-15-8-10-17)11-5-3-6-16-13(11)14/h2-3,5-6,12,15H,1,4,7-10H2/t12-/m1/s1. The topological polar surface area (TPSA) is 28.2 Å². The molecule has 0 aliphatic carbocycles. The van der Waals surface area contributed by atoms with E-state index >= 15 is 0 Å². The summed E-state index contributed by atoms with van der Waals surface area (Å²) in [5.41, 5.74) is 0.675. The molecular weight excluding hydrogens is 217 g/mol. The second kappa shape index (κ2) is 5.89. The Labute approximate surface area is 101 Å². The van der Waals surface area contributed by atoms with Crippen LogP contribution < -0.4 is 5.32 Å². The molecule has 4 heteroatoms. The number of rotatable bonds is 4. The number of hydrogen-bond donors (Lipinski definition) is 1. The molecule has 1 fully saturated rings. The quantitative estimate of drug-likeness (QED) is 0.636. The van der Waals surface area contributed by atoms with Gasteiger partial charge in [-0.2, -0.15) is 4.39 Å². The Hall–Kier alpha value is -1.26. The Balaban J connectivity index is 2.21. The first-order valence-electron chi connectivity index (χ1n) is 5.99. The average Bonchev–Trinajstić information content (AvgIpc) is 2.38. The lowest BCUT2D eigenvalue weighted by Gasteiger charge is -2.34. The second-order valence-corrected chi connectivity index (χ2v) is 4.21. The first-order valence-corrected chi connectivity index (χ1v) is 5.99. The summed E-state index contributed by atoms with van der Waals surface area (Å²) >= 11 is 0. The minimum Gasteiger partial charge on any atom is -0.314 e. The minimum atomic E-state index is -0.363. The molecule has 0 amide bonds. The zero-order chi connectivity index (χ0) is 12.1. The maximum absolute atomic E-state index is 13.7. The van der Waals surface area contributed by atoms with Crippen molar-refractivity contribution in [2.75, 3.05) is 26.2 Å². The summed E-state index contributed by atoms with van der Waals surface area (Å²) in [4.78, 5) is 6.02. The van der Waals surface area contributed by atoms with Crippen LogP contribution in [0.2, 0.25) is 0 Å². The van der Waals surface area contributed by atoms with Gasteiger partial charge in [-0.15, -0.1) is 6.58 Å². The first-order chi connectivity index (χ1) is 8.33. The normalized spacial score (nSPS) is 18.9. The highest BCUT2D eigenvalue weighted by atomic mass is 19.1. The lowest BCUT2D eigenvalue weighted by Crippen LogP contribution is -2.45. The molecule has 0 spiro atoms. The van der Waals surface area contributed by atoms with Gasteiger partial charge in [0, 0.05) is 44.0 Å². The fraction of sp³-hybridized carbons (Fsp3) is 0.462. The van der Waals surface area contributed by atoms with Gasteiger partial charge in [-0.05, 0) is 12.5 Å². The number of nitrogens with zero attached hydrogens (tertiary/aromatic N) is 2. The van der Waals surface area contributed by atoms with Crippen molar-refractivity contribution >= 4 is 0 Å². The van der Waals surface area contributed by atoms with Crippen LogP contribution in [0.5, 0.6) is 0 Å². The molecule has 1 atom stereocenters. The van der Waals surface area contributed by atoms with E-state index in [0.717, 1.165) is 32.6 Å². The Morgan fingerprint density at radius 1 is 1.53 bits per heavy atom. The molecule has 1 aliphatic rings. The van der Waals surface area contributed by atoms with E-state index in [0.29, 0.717) is 5.56 Å². The molecule has 0 bridgehead atoms. The molecule has 1 aliphatic heterocycles. The zero-order valence-corrected chi connectivity index (χ0v) is 9.90. The first kappa shape index (κ1) is 12.2. The highest BCUT2D eigenvalue weighted by Crippen LogP contribution is 2.26. The van der Waals surface area contributed by atoms with Gasteiger partial charge in [0.25, 0.3) is 0 Å². The van der Waals surface area contributed by atoms with Gasteiger partial charge in [0.1, 0.15) is 0 Å². The van der Waals surface area contributed by atoms with Crippen LogP contribution >= 0.6 is 0 Å². The van der Waals surface area contributed by atoms with Crippen molar-refractivity contribution in [2.45, 2.75) is 12.5 Å². The monoisotopic (exact) mass is 235 g/mol. The molecule has 0 aromatic carbocycles. The van der Waals surface area contributed by atoms with E-state index in [2.05, 4.69) is 21.8 Å². The van der Waals surface area contributed by atoms with Crippen molar-refractivity contribution in [3.8, 4) is 0 Å². The Bertz CT molecular complexity index is 375. The summed E-state index contributed by atoms with van der Waals surface area (Å²) in [6, 6.07) is 3.66. The maximum Gasteiger partial charge on any atom is 0.217 e. The summed E-state index contributed by atoms with van der Waals surface area (Å²) < 4.78 is 13.7. The minimum absolute atomic E-state index is 0.0586. The number of pyridine rings is 1. The van der Waals surface area contributed by atoms with Crippen LogP contribution in [0.4, 0.5) is 4.39 Å². The second-order valence-electron chi connectivity index (χ2n) is 4.21. The van der Waals surface area contributed by atoms with Crippen molar-refractivity contribution in [3.05, 3.63) is 42.5 Å². The van der Waals surface area contributed by atoms with Crippen molar-refractivity contribution in [1.82, 2.24) is 15.2 Å². The van der Waals surface area contributed by atoms with Gasteiger partial charge in [-0.1, -0.05) is 12.1 Å². The number of halogens is 1. The van der Waals surface area contributed by atoms with E-state index < -0.39 is 0 Å². The van der Waals surface area contributed by atoms with E-state index in [9.17, 15) is 4.39 Å². The Morgan fingerprint density at radius 3 is 2.94 bits per heavy atom. The van der Waals surface area contributed by atoms with Crippen LogP contribution in [-0.4, -0.2) is 36.1 Å². The smallest absolute Gasteiger partial charge is 0.217 e. The van der Waals surface area contributed by atoms with E-state index in [-0.39, 0.29) is 12.0 Å². The summed E-state index contributed by atoms with van der Waals surface area (Å²) in [6.07, 6.45) is 4.09. The zero-order valence-electron chi connectivity index (χ0n) is 9.90. The molecule has 0 radical (unpaired) electrons. The largest absolute Gasteiger partial charge is 0.314 e. The molecule has 0 saturated carbocycles. The highest BCUT2D eigenvalue weighted by Gasteiger charge is 2.23. The van der Waals surface area contributed by atoms with Crippen LogP contribution in [0.3, 0.4) is 0 Å². The summed E-state index contributed by atoms with van der Waals surface area (Å²) in [5.74, 6) is -0.363. The molecule has 92 valence electrons. The molecule has 0 unspecified atom stereocenters. The maximum atomic E-state index is 13.7. The van der Waals surface area contributed by atoms with Gasteiger partial charge in [-0.25, -0.2) is 4.98 Å². The van der Waals surface area contributed by atoms with Crippen molar-refractivity contribution in [3.63, 3.8) is 0 Å². The average molecular weight is 235 g/mol. The lowest BCUT2D eigenvalue weighted by molar-refractivity contribution is 0.170. The third-order valence-corrected chi connectivity index (χ3v) is 3.13. The lowest BCUT2D eigenvalue weighted by atomic mass is 10.0. The molecule has 2 rings (SSSR count). The van der Waals surface area contributed by atoms with Gasteiger partial charge >= 0.3 is 0 Å². The fourth-order valence-corrected chi connectivity index (χ4v) is 2.27. The molecular formula is C13H18FN3. The van der Waals surface area contributed by atoms with Crippen LogP contribution in [-0.2, 0) is 0 Å².